The molecule has 0 aromatic heterocycles. The summed E-state index contributed by atoms with van der Waals surface area (Å²) in [4.78, 5) is 29.1. The van der Waals surface area contributed by atoms with Gasteiger partial charge in [-0.1, -0.05) is 0 Å². The van der Waals surface area contributed by atoms with Gasteiger partial charge >= 0.3 is 12.0 Å². The molecule has 0 aromatic rings. The van der Waals surface area contributed by atoms with E-state index in [4.69, 9.17) is 4.74 Å². The molecule has 7 heteroatoms. The lowest BCUT2D eigenvalue weighted by Crippen LogP contribution is -2.59. The number of ether oxygens (including phenoxy) is 1. The zero-order valence-corrected chi connectivity index (χ0v) is 12.1. The second kappa shape index (κ2) is 6.41. The number of rotatable bonds is 2. The molecule has 2 unspecified atom stereocenters. The number of piperidine rings is 1. The summed E-state index contributed by atoms with van der Waals surface area (Å²) in [5.74, 6) is -1.01. The van der Waals surface area contributed by atoms with Crippen LogP contribution < -0.4 is 0 Å². The van der Waals surface area contributed by atoms with Gasteiger partial charge < -0.3 is 24.5 Å². The Labute approximate surface area is 119 Å². The number of carboxylic acids is 1. The van der Waals surface area contributed by atoms with Crippen LogP contribution in [-0.2, 0) is 9.53 Å². The summed E-state index contributed by atoms with van der Waals surface area (Å²) in [6.07, 6.45) is 2.03. The first kappa shape index (κ1) is 15.1. The van der Waals surface area contributed by atoms with E-state index in [1.807, 2.05) is 7.05 Å². The Bertz CT molecular complexity index is 377. The second-order valence-corrected chi connectivity index (χ2v) is 5.57. The number of likely N-dealkylation sites (N-methyl/N-ethyl adjacent to an activating group) is 2. The number of nitrogens with zero attached hydrogens (tertiary/aromatic N) is 3. The quantitative estimate of drug-likeness (QED) is 0.768. The Morgan fingerprint density at radius 2 is 2.10 bits per heavy atom. The first-order valence-corrected chi connectivity index (χ1v) is 7.03. The van der Waals surface area contributed by atoms with E-state index in [0.29, 0.717) is 13.2 Å². The van der Waals surface area contributed by atoms with Crippen molar-refractivity contribution in [2.45, 2.75) is 24.9 Å². The molecule has 2 amide bonds. The summed E-state index contributed by atoms with van der Waals surface area (Å²) in [6.45, 7) is 2.69. The number of hydrogen-bond acceptors (Lipinski definition) is 4. The van der Waals surface area contributed by atoms with Crippen LogP contribution in [0.4, 0.5) is 4.79 Å². The van der Waals surface area contributed by atoms with Gasteiger partial charge in [0.05, 0.1) is 13.2 Å². The Morgan fingerprint density at radius 1 is 1.35 bits per heavy atom. The van der Waals surface area contributed by atoms with Crippen LogP contribution >= 0.6 is 0 Å². The minimum absolute atomic E-state index is 0.0689. The molecule has 2 aliphatic rings. The third kappa shape index (κ3) is 3.21. The van der Waals surface area contributed by atoms with E-state index >= 15 is 0 Å². The second-order valence-electron chi connectivity index (χ2n) is 5.57. The Morgan fingerprint density at radius 3 is 2.75 bits per heavy atom. The van der Waals surface area contributed by atoms with E-state index in [0.717, 1.165) is 25.9 Å². The van der Waals surface area contributed by atoms with Gasteiger partial charge in [0.1, 0.15) is 0 Å². The lowest BCUT2D eigenvalue weighted by molar-refractivity contribution is -0.147. The van der Waals surface area contributed by atoms with Gasteiger partial charge in [0, 0.05) is 26.2 Å². The number of aliphatic carboxylic acids is 1. The maximum absolute atomic E-state index is 12.5. The maximum atomic E-state index is 12.5. The fraction of sp³-hybridized carbons (Fsp3) is 0.846. The highest BCUT2D eigenvalue weighted by Crippen LogP contribution is 2.17. The molecule has 0 spiro atoms. The van der Waals surface area contributed by atoms with E-state index in [1.54, 1.807) is 11.9 Å². The fourth-order valence-electron chi connectivity index (χ4n) is 2.85. The predicted octanol–water partition coefficient (Wildman–Crippen LogP) is -0.0822. The highest BCUT2D eigenvalue weighted by Gasteiger charge is 2.36. The van der Waals surface area contributed by atoms with Crippen molar-refractivity contribution < 1.29 is 19.4 Å². The molecular weight excluding hydrogens is 262 g/mol. The Kier molecular flexibility index (Phi) is 4.82. The summed E-state index contributed by atoms with van der Waals surface area (Å²) in [7, 11) is 3.81. The fourth-order valence-corrected chi connectivity index (χ4v) is 2.85. The van der Waals surface area contributed by atoms with E-state index in [1.165, 1.54) is 4.90 Å². The SMILES string of the molecule is CN1CCCC(N(C)C(=O)N2CCOCC2C(=O)O)C1. The number of amides is 2. The largest absolute Gasteiger partial charge is 0.480 e. The summed E-state index contributed by atoms with van der Waals surface area (Å²) in [5, 5.41) is 9.19. The minimum Gasteiger partial charge on any atom is -0.480 e. The van der Waals surface area contributed by atoms with Crippen LogP contribution in [0.25, 0.3) is 0 Å². The molecule has 20 heavy (non-hydrogen) atoms. The van der Waals surface area contributed by atoms with E-state index < -0.39 is 12.0 Å². The summed E-state index contributed by atoms with van der Waals surface area (Å²) in [6, 6.07) is -0.931. The molecule has 0 radical (unpaired) electrons. The van der Waals surface area contributed by atoms with Crippen molar-refractivity contribution >= 4 is 12.0 Å². The van der Waals surface area contributed by atoms with Gasteiger partial charge in [-0.2, -0.15) is 0 Å². The van der Waals surface area contributed by atoms with Crippen LogP contribution in [0, 0.1) is 0 Å². The van der Waals surface area contributed by atoms with E-state index in [2.05, 4.69) is 4.90 Å². The standard InChI is InChI=1S/C13H23N3O4/c1-14-5-3-4-10(8-14)15(2)13(19)16-6-7-20-9-11(16)12(17)18/h10-11H,3-9H2,1-2H3,(H,17,18). The lowest BCUT2D eigenvalue weighted by atomic mass is 10.1. The van der Waals surface area contributed by atoms with Crippen molar-refractivity contribution in [3.8, 4) is 0 Å². The van der Waals surface area contributed by atoms with Crippen molar-refractivity contribution in [3.05, 3.63) is 0 Å². The molecule has 7 nitrogen and oxygen atoms in total. The summed E-state index contributed by atoms with van der Waals surface area (Å²) >= 11 is 0. The number of carboxylic acid groups (broad SMARTS) is 1. The molecule has 0 aromatic carbocycles. The monoisotopic (exact) mass is 285 g/mol. The van der Waals surface area contributed by atoms with Gasteiger partial charge in [0.25, 0.3) is 0 Å². The van der Waals surface area contributed by atoms with Crippen molar-refractivity contribution in [1.29, 1.82) is 0 Å². The maximum Gasteiger partial charge on any atom is 0.328 e. The minimum atomic E-state index is -1.01. The zero-order chi connectivity index (χ0) is 14.7. The molecule has 2 rings (SSSR count). The van der Waals surface area contributed by atoms with Gasteiger partial charge in [-0.05, 0) is 26.4 Å². The average molecular weight is 285 g/mol. The molecule has 2 heterocycles. The number of carbonyl (C=O) groups is 2. The zero-order valence-electron chi connectivity index (χ0n) is 12.1. The third-order valence-corrected chi connectivity index (χ3v) is 4.11. The van der Waals surface area contributed by atoms with Crippen LogP contribution in [0.1, 0.15) is 12.8 Å². The number of likely N-dealkylation sites (tertiary alicyclic amines) is 1. The molecule has 1 N–H and O–H groups in total. The normalized spacial score (nSPS) is 28.2. The highest BCUT2D eigenvalue weighted by molar-refractivity contribution is 5.83. The van der Waals surface area contributed by atoms with E-state index in [9.17, 15) is 14.7 Å². The molecule has 0 bridgehead atoms. The van der Waals surface area contributed by atoms with Crippen LogP contribution in [0.3, 0.4) is 0 Å². The molecular formula is C13H23N3O4. The Balaban J connectivity index is 2.02. The third-order valence-electron chi connectivity index (χ3n) is 4.11. The molecule has 0 saturated carbocycles. The van der Waals surface area contributed by atoms with Gasteiger partial charge in [-0.25, -0.2) is 9.59 Å². The number of morpholine rings is 1. The summed E-state index contributed by atoms with van der Waals surface area (Å²) < 4.78 is 5.16. The molecule has 114 valence electrons. The van der Waals surface area contributed by atoms with Gasteiger partial charge in [0.2, 0.25) is 0 Å². The molecule has 0 aliphatic carbocycles. The smallest absolute Gasteiger partial charge is 0.328 e. The van der Waals surface area contributed by atoms with Crippen molar-refractivity contribution in [2.24, 2.45) is 0 Å². The van der Waals surface area contributed by atoms with Crippen LogP contribution in [0.5, 0.6) is 0 Å². The number of hydrogen-bond donors (Lipinski definition) is 1. The first-order valence-electron chi connectivity index (χ1n) is 7.03. The lowest BCUT2D eigenvalue weighted by Gasteiger charge is -2.40. The Hall–Kier alpha value is -1.34. The van der Waals surface area contributed by atoms with Crippen molar-refractivity contribution in [3.63, 3.8) is 0 Å². The molecule has 2 aliphatic heterocycles. The van der Waals surface area contributed by atoms with Gasteiger partial charge in [-0.3, -0.25) is 0 Å². The van der Waals surface area contributed by atoms with Gasteiger partial charge in [-0.15, -0.1) is 0 Å². The first-order chi connectivity index (χ1) is 9.50. The van der Waals surface area contributed by atoms with Crippen LogP contribution in [-0.4, -0.2) is 90.8 Å². The molecule has 2 saturated heterocycles. The predicted molar refractivity (Wildman–Crippen MR) is 72.6 cm³/mol. The van der Waals surface area contributed by atoms with Crippen LogP contribution in [0.2, 0.25) is 0 Å². The van der Waals surface area contributed by atoms with Crippen molar-refractivity contribution in [1.82, 2.24) is 14.7 Å². The van der Waals surface area contributed by atoms with Gasteiger partial charge in [0.15, 0.2) is 6.04 Å². The number of urea groups is 1. The van der Waals surface area contributed by atoms with Crippen LogP contribution in [0.15, 0.2) is 0 Å². The summed E-state index contributed by atoms with van der Waals surface area (Å²) in [5.41, 5.74) is 0. The molecule has 2 atom stereocenters. The topological polar surface area (TPSA) is 73.3 Å². The van der Waals surface area contributed by atoms with E-state index in [-0.39, 0.29) is 18.7 Å². The number of carbonyl (C=O) groups excluding carboxylic acids is 1. The molecule has 2 fully saturated rings. The average Bonchev–Trinajstić information content (AvgIpc) is 2.45. The highest BCUT2D eigenvalue weighted by atomic mass is 16.5. The van der Waals surface area contributed by atoms with Crippen molar-refractivity contribution in [2.75, 3.05) is 46.9 Å².